The van der Waals surface area contributed by atoms with Crippen LogP contribution in [-0.4, -0.2) is 78.5 Å². The fraction of sp³-hybridized carbons (Fsp3) is 0.600. The molecule has 142 valence electrons. The highest BCUT2D eigenvalue weighted by molar-refractivity contribution is 5.86. The van der Waals surface area contributed by atoms with E-state index in [4.69, 9.17) is 4.74 Å². The molecule has 2 amide bonds. The summed E-state index contributed by atoms with van der Waals surface area (Å²) < 4.78 is 5.82. The van der Waals surface area contributed by atoms with Crippen molar-refractivity contribution in [2.45, 2.75) is 38.5 Å². The molecule has 2 aliphatic rings. The first-order valence-corrected chi connectivity index (χ1v) is 9.44. The summed E-state index contributed by atoms with van der Waals surface area (Å²) in [5.41, 5.74) is 0.944. The number of likely N-dealkylation sites (N-methyl/N-ethyl adjacent to an activating group) is 1. The van der Waals surface area contributed by atoms with Crippen LogP contribution in [0.4, 0.5) is 0 Å². The van der Waals surface area contributed by atoms with Crippen LogP contribution in [0.25, 0.3) is 0 Å². The Morgan fingerprint density at radius 2 is 1.85 bits per heavy atom. The first kappa shape index (κ1) is 18.9. The summed E-state index contributed by atoms with van der Waals surface area (Å²) in [7, 11) is 2.08. The average Bonchev–Trinajstić information content (AvgIpc) is 2.86. The third-order valence-electron chi connectivity index (χ3n) is 5.23. The van der Waals surface area contributed by atoms with Crippen molar-refractivity contribution in [2.75, 3.05) is 39.8 Å². The van der Waals surface area contributed by atoms with E-state index in [0.29, 0.717) is 6.54 Å². The van der Waals surface area contributed by atoms with E-state index in [9.17, 15) is 9.59 Å². The van der Waals surface area contributed by atoms with Crippen molar-refractivity contribution in [2.24, 2.45) is 0 Å². The van der Waals surface area contributed by atoms with Gasteiger partial charge in [-0.1, -0.05) is 30.3 Å². The minimum atomic E-state index is -0.652. The molecule has 1 aromatic rings. The van der Waals surface area contributed by atoms with Crippen molar-refractivity contribution in [1.82, 2.24) is 14.7 Å². The van der Waals surface area contributed by atoms with Crippen LogP contribution < -0.4 is 0 Å². The lowest BCUT2D eigenvalue weighted by Crippen LogP contribution is -2.57. The molecular weight excluding hydrogens is 330 g/mol. The zero-order valence-electron chi connectivity index (χ0n) is 15.9. The molecule has 0 unspecified atom stereocenters. The van der Waals surface area contributed by atoms with Crippen molar-refractivity contribution in [1.29, 1.82) is 0 Å². The van der Waals surface area contributed by atoms with Gasteiger partial charge in [0.2, 0.25) is 5.91 Å². The summed E-state index contributed by atoms with van der Waals surface area (Å²) in [5.74, 6) is -0.0687. The molecule has 0 radical (unpaired) electrons. The van der Waals surface area contributed by atoms with Gasteiger partial charge in [0.1, 0.15) is 6.61 Å². The Bertz CT molecular complexity index is 634. The Labute approximate surface area is 155 Å². The Morgan fingerprint density at radius 1 is 1.12 bits per heavy atom. The smallest absolute Gasteiger partial charge is 0.254 e. The number of carbonyl (C=O) groups is 2. The summed E-state index contributed by atoms with van der Waals surface area (Å²) in [6, 6.07) is 9.38. The molecule has 3 rings (SSSR count). The summed E-state index contributed by atoms with van der Waals surface area (Å²) >= 11 is 0. The normalized spacial score (nSPS) is 25.5. The molecule has 0 aliphatic carbocycles. The number of ether oxygens (including phenoxy) is 1. The summed E-state index contributed by atoms with van der Waals surface area (Å²) in [6.45, 7) is 7.23. The Morgan fingerprint density at radius 3 is 2.54 bits per heavy atom. The van der Waals surface area contributed by atoms with Gasteiger partial charge < -0.3 is 19.4 Å². The summed E-state index contributed by atoms with van der Waals surface area (Å²) in [6.07, 6.45) is 0.304. The predicted octanol–water partition coefficient (Wildman–Crippen LogP) is 1.53. The molecule has 2 fully saturated rings. The minimum Gasteiger partial charge on any atom is -0.356 e. The van der Waals surface area contributed by atoms with Gasteiger partial charge in [0.15, 0.2) is 6.10 Å². The lowest BCUT2D eigenvalue weighted by molar-refractivity contribution is -0.171. The molecule has 2 aliphatic heterocycles. The first-order chi connectivity index (χ1) is 12.5. The van der Waals surface area contributed by atoms with E-state index in [1.54, 1.807) is 0 Å². The quantitative estimate of drug-likeness (QED) is 0.821. The monoisotopic (exact) mass is 359 g/mol. The Kier molecular flexibility index (Phi) is 5.94. The number of hydrogen-bond donors (Lipinski definition) is 0. The molecule has 1 aromatic carbocycles. The van der Waals surface area contributed by atoms with Gasteiger partial charge in [-0.15, -0.1) is 0 Å². The number of nitrogens with zero attached hydrogens (tertiary/aromatic N) is 3. The lowest BCUT2D eigenvalue weighted by atomic mass is 9.95. The van der Waals surface area contributed by atoms with Gasteiger partial charge >= 0.3 is 0 Å². The second-order valence-corrected chi connectivity index (χ2v) is 7.46. The molecule has 2 saturated heterocycles. The van der Waals surface area contributed by atoms with Gasteiger partial charge in [0.25, 0.3) is 5.91 Å². The second kappa shape index (κ2) is 8.18. The third-order valence-corrected chi connectivity index (χ3v) is 5.23. The second-order valence-electron chi connectivity index (χ2n) is 7.46. The SMILES string of the molecule is CC(C)N1C(=O)CO[C@H](C(=O)N2CCCN(C)CC2)[C@H]1c1ccccc1. The molecule has 0 N–H and O–H groups in total. The van der Waals surface area contributed by atoms with Gasteiger partial charge in [0.05, 0.1) is 6.04 Å². The molecule has 0 saturated carbocycles. The van der Waals surface area contributed by atoms with E-state index in [-0.39, 0.29) is 30.5 Å². The molecule has 26 heavy (non-hydrogen) atoms. The summed E-state index contributed by atoms with van der Waals surface area (Å²) in [4.78, 5) is 31.8. The van der Waals surface area contributed by atoms with Gasteiger partial charge in [-0.25, -0.2) is 0 Å². The van der Waals surface area contributed by atoms with Crippen LogP contribution in [0.3, 0.4) is 0 Å². The molecule has 6 nitrogen and oxygen atoms in total. The maximum absolute atomic E-state index is 13.3. The molecule has 2 atom stereocenters. The Hall–Kier alpha value is -1.92. The van der Waals surface area contributed by atoms with Gasteiger partial charge in [-0.05, 0) is 39.4 Å². The highest BCUT2D eigenvalue weighted by Gasteiger charge is 2.44. The van der Waals surface area contributed by atoms with Crippen LogP contribution in [-0.2, 0) is 14.3 Å². The number of benzene rings is 1. The van der Waals surface area contributed by atoms with Crippen molar-refractivity contribution in [3.63, 3.8) is 0 Å². The maximum atomic E-state index is 13.3. The van der Waals surface area contributed by atoms with E-state index < -0.39 is 6.10 Å². The fourth-order valence-corrected chi connectivity index (χ4v) is 3.88. The third kappa shape index (κ3) is 3.91. The first-order valence-electron chi connectivity index (χ1n) is 9.44. The van der Waals surface area contributed by atoms with Crippen LogP contribution in [0.2, 0.25) is 0 Å². The molecule has 0 spiro atoms. The van der Waals surface area contributed by atoms with Crippen LogP contribution in [0, 0.1) is 0 Å². The van der Waals surface area contributed by atoms with Crippen LogP contribution >= 0.6 is 0 Å². The number of rotatable bonds is 3. The van der Waals surface area contributed by atoms with Gasteiger partial charge in [0, 0.05) is 25.7 Å². The van der Waals surface area contributed by atoms with E-state index in [0.717, 1.165) is 31.6 Å². The number of hydrogen-bond acceptors (Lipinski definition) is 4. The minimum absolute atomic E-state index is 0.00201. The van der Waals surface area contributed by atoms with Crippen LogP contribution in [0.1, 0.15) is 31.9 Å². The molecule has 6 heteroatoms. The highest BCUT2D eigenvalue weighted by Crippen LogP contribution is 2.33. The topological polar surface area (TPSA) is 53.1 Å². The Balaban J connectivity index is 1.90. The maximum Gasteiger partial charge on any atom is 0.254 e. The molecule has 0 aromatic heterocycles. The van der Waals surface area contributed by atoms with Crippen molar-refractivity contribution < 1.29 is 14.3 Å². The van der Waals surface area contributed by atoms with Crippen LogP contribution in [0.15, 0.2) is 30.3 Å². The van der Waals surface area contributed by atoms with E-state index in [1.807, 2.05) is 54.0 Å². The average molecular weight is 359 g/mol. The lowest BCUT2D eigenvalue weighted by Gasteiger charge is -2.44. The van der Waals surface area contributed by atoms with Crippen molar-refractivity contribution in [3.05, 3.63) is 35.9 Å². The zero-order valence-corrected chi connectivity index (χ0v) is 15.9. The predicted molar refractivity (Wildman–Crippen MR) is 99.6 cm³/mol. The van der Waals surface area contributed by atoms with Gasteiger partial charge in [-0.3, -0.25) is 9.59 Å². The molecular formula is C20H29N3O3. The largest absolute Gasteiger partial charge is 0.356 e. The molecule has 2 heterocycles. The van der Waals surface area contributed by atoms with Crippen LogP contribution in [0.5, 0.6) is 0 Å². The zero-order chi connectivity index (χ0) is 18.7. The standard InChI is InChI=1S/C20H29N3O3/c1-15(2)23-17(24)14-26-19(18(23)16-8-5-4-6-9-16)20(25)22-11-7-10-21(3)12-13-22/h4-6,8-9,15,18-19H,7,10-14H2,1-3H3/t18-,19+/m1/s1. The number of carbonyl (C=O) groups excluding carboxylic acids is 2. The summed E-state index contributed by atoms with van der Waals surface area (Å²) in [5, 5.41) is 0. The highest BCUT2D eigenvalue weighted by atomic mass is 16.5. The molecule has 0 bridgehead atoms. The number of amides is 2. The van der Waals surface area contributed by atoms with Crippen molar-refractivity contribution >= 4 is 11.8 Å². The van der Waals surface area contributed by atoms with E-state index in [2.05, 4.69) is 11.9 Å². The van der Waals surface area contributed by atoms with E-state index >= 15 is 0 Å². The van der Waals surface area contributed by atoms with E-state index in [1.165, 1.54) is 0 Å². The number of morpholine rings is 1. The van der Waals surface area contributed by atoms with Gasteiger partial charge in [-0.2, -0.15) is 0 Å². The van der Waals surface area contributed by atoms with Crippen molar-refractivity contribution in [3.8, 4) is 0 Å². The fourth-order valence-electron chi connectivity index (χ4n) is 3.88.